The molecule has 1 unspecified atom stereocenters. The fourth-order valence-electron chi connectivity index (χ4n) is 8.72. The largest absolute Gasteiger partial charge is 2.00 e. The third-order valence-corrected chi connectivity index (χ3v) is 12.5. The van der Waals surface area contributed by atoms with Crippen LogP contribution in [-0.2, 0) is 26.5 Å². The first-order valence-electron chi connectivity index (χ1n) is 16.8. The van der Waals surface area contributed by atoms with Crippen molar-refractivity contribution in [3.8, 4) is 39.0 Å². The molecule has 0 aliphatic heterocycles. The number of pyridine rings is 1. The molecule has 0 N–H and O–H groups in total. The van der Waals surface area contributed by atoms with E-state index in [1.807, 2.05) is 47.9 Å². The van der Waals surface area contributed by atoms with E-state index >= 15 is 0 Å². The smallest absolute Gasteiger partial charge is 0.503 e. The minimum Gasteiger partial charge on any atom is -0.503 e. The molecule has 0 amide bonds. The van der Waals surface area contributed by atoms with E-state index in [1.54, 1.807) is 22.7 Å². The van der Waals surface area contributed by atoms with Crippen LogP contribution < -0.4 is 4.74 Å². The van der Waals surface area contributed by atoms with Gasteiger partial charge >= 0.3 is 21.1 Å². The normalized spacial score (nSPS) is 17.1. The molecule has 4 aromatic heterocycles. The third-order valence-electron chi connectivity index (χ3n) is 10.6. The zero-order valence-electron chi connectivity index (χ0n) is 26.7. The van der Waals surface area contributed by atoms with Crippen LogP contribution in [0.4, 0.5) is 0 Å². The van der Waals surface area contributed by atoms with Crippen molar-refractivity contribution in [2.75, 3.05) is 0 Å². The van der Waals surface area contributed by atoms with Crippen molar-refractivity contribution in [3.63, 3.8) is 0 Å². The number of nitrogens with zero attached hydrogens (tertiary/aromatic N) is 3. The van der Waals surface area contributed by atoms with Gasteiger partial charge in [-0.1, -0.05) is 60.1 Å². The van der Waals surface area contributed by atoms with E-state index in [1.165, 1.54) is 44.8 Å². The molecule has 11 rings (SSSR count). The molecule has 0 saturated heterocycles. The van der Waals surface area contributed by atoms with Crippen LogP contribution in [-0.4, -0.2) is 13.9 Å². The second kappa shape index (κ2) is 11.5. The van der Waals surface area contributed by atoms with Crippen molar-refractivity contribution in [1.29, 1.82) is 0 Å². The van der Waals surface area contributed by atoms with Crippen LogP contribution in [0.3, 0.4) is 0 Å². The fourth-order valence-corrected chi connectivity index (χ4v) is 10.9. The van der Waals surface area contributed by atoms with Crippen molar-refractivity contribution >= 4 is 50.2 Å². The van der Waals surface area contributed by atoms with Crippen LogP contribution in [0, 0.1) is 12.1 Å². The van der Waals surface area contributed by atoms with Crippen LogP contribution in [0.25, 0.3) is 54.9 Å². The van der Waals surface area contributed by atoms with Crippen molar-refractivity contribution in [2.45, 2.75) is 31.1 Å². The predicted molar refractivity (Wildman–Crippen MR) is 199 cm³/mol. The standard InChI is InChI=1S/C43H27N3OS2.Pt/c1-4-15-34-29(12-1)30-13-2-5-16-35(30)43(34)39-40(45-49-41(39)33-21-23-48-42(33)43)26-10-9-11-27(24-26)47-28-19-20-32-31-14-3-6-17-36(31)46(37(32)25-28)38-18-7-8-22-44-38;/h1,3-4,6-12,14-15,17-23H,2,5,13,16H2;/q-2;+2. The van der Waals surface area contributed by atoms with Crippen LogP contribution in [0.2, 0.25) is 0 Å². The maximum atomic E-state index is 6.56. The number of rotatable bonds is 4. The van der Waals surface area contributed by atoms with E-state index in [0.717, 1.165) is 51.7 Å². The molecule has 1 atom stereocenters. The van der Waals surface area contributed by atoms with Crippen LogP contribution in [0.15, 0.2) is 120 Å². The van der Waals surface area contributed by atoms with E-state index in [0.29, 0.717) is 11.5 Å². The zero-order valence-corrected chi connectivity index (χ0v) is 30.6. The molecular weight excluding hydrogens is 834 g/mol. The van der Waals surface area contributed by atoms with Gasteiger partial charge in [0, 0.05) is 39.3 Å². The van der Waals surface area contributed by atoms with Crippen molar-refractivity contribution in [3.05, 3.63) is 154 Å². The van der Waals surface area contributed by atoms with Crippen molar-refractivity contribution in [2.24, 2.45) is 0 Å². The Morgan fingerprint density at radius 2 is 1.62 bits per heavy atom. The number of para-hydroxylation sites is 1. The Morgan fingerprint density at radius 1 is 0.760 bits per heavy atom. The second-order valence-electron chi connectivity index (χ2n) is 13.0. The topological polar surface area (TPSA) is 39.9 Å². The van der Waals surface area contributed by atoms with Gasteiger partial charge in [0.2, 0.25) is 0 Å². The summed E-state index contributed by atoms with van der Waals surface area (Å²) in [6.07, 6.45) is 6.57. The van der Waals surface area contributed by atoms with E-state index in [-0.39, 0.29) is 26.5 Å². The number of hydrogen-bond acceptors (Lipinski definition) is 5. The first-order valence-corrected chi connectivity index (χ1v) is 18.4. The zero-order chi connectivity index (χ0) is 32.1. The number of fused-ring (bicyclic) bond motifs is 12. The van der Waals surface area contributed by atoms with Crippen LogP contribution in [0.1, 0.15) is 47.3 Å². The molecule has 242 valence electrons. The summed E-state index contributed by atoms with van der Waals surface area (Å²) in [5.74, 6) is 2.12. The average molecular weight is 861 g/mol. The Hall–Kier alpha value is -4.61. The number of thiophene rings is 1. The quantitative estimate of drug-likeness (QED) is 0.166. The van der Waals surface area contributed by atoms with Gasteiger partial charge in [-0.25, -0.2) is 9.36 Å². The minimum absolute atomic E-state index is 0. The summed E-state index contributed by atoms with van der Waals surface area (Å²) in [4.78, 5) is 7.42. The van der Waals surface area contributed by atoms with Gasteiger partial charge in [-0.15, -0.1) is 52.6 Å². The molecule has 50 heavy (non-hydrogen) atoms. The summed E-state index contributed by atoms with van der Waals surface area (Å²) in [5, 5.41) is 4.53. The maximum absolute atomic E-state index is 6.56. The predicted octanol–water partition coefficient (Wildman–Crippen LogP) is 11.4. The Morgan fingerprint density at radius 3 is 2.56 bits per heavy atom. The Labute approximate surface area is 312 Å². The van der Waals surface area contributed by atoms with E-state index in [2.05, 4.69) is 99.9 Å². The van der Waals surface area contributed by atoms with E-state index in [4.69, 9.17) is 9.11 Å². The van der Waals surface area contributed by atoms with E-state index < -0.39 is 0 Å². The molecule has 8 aromatic rings. The van der Waals surface area contributed by atoms with Gasteiger partial charge < -0.3 is 9.30 Å². The summed E-state index contributed by atoms with van der Waals surface area (Å²) in [6, 6.07) is 43.3. The van der Waals surface area contributed by atoms with Gasteiger partial charge in [-0.2, -0.15) is 6.07 Å². The first kappa shape index (κ1) is 30.2. The minimum atomic E-state index is -0.282. The summed E-state index contributed by atoms with van der Waals surface area (Å²) in [7, 11) is 0. The Kier molecular flexibility index (Phi) is 6.93. The van der Waals surface area contributed by atoms with Gasteiger partial charge in [0.05, 0.1) is 10.3 Å². The molecule has 4 heterocycles. The van der Waals surface area contributed by atoms with Gasteiger partial charge in [0.1, 0.15) is 5.82 Å². The molecule has 3 aliphatic rings. The van der Waals surface area contributed by atoms with Gasteiger partial charge in [0.15, 0.2) is 0 Å². The van der Waals surface area contributed by atoms with Crippen molar-refractivity contribution < 1.29 is 25.8 Å². The second-order valence-corrected chi connectivity index (χ2v) is 14.7. The molecule has 1 spiro atoms. The fraction of sp³-hybridized carbons (Fsp3) is 0.116. The third kappa shape index (κ3) is 4.07. The SMILES string of the molecule is [Pt+2].[c-]1c(Oc2[c-]c3c(cc2)c2ccccc2n3-c2ccccn2)cccc1-c1nsc2c1C1(C3=C(CCCC3)c3ccccc31)c1sccc1-2. The summed E-state index contributed by atoms with van der Waals surface area (Å²) in [6.45, 7) is 0. The molecular formula is C43H27N3OPtS2. The van der Waals surface area contributed by atoms with Gasteiger partial charge in [0.25, 0.3) is 0 Å². The molecule has 0 bridgehead atoms. The maximum Gasteiger partial charge on any atom is 2.00 e. The summed E-state index contributed by atoms with van der Waals surface area (Å²) < 4.78 is 13.9. The molecule has 4 nitrogen and oxygen atoms in total. The molecule has 7 heteroatoms. The number of ether oxygens (including phenoxy) is 1. The average Bonchev–Trinajstić information content (AvgIpc) is 3.96. The summed E-state index contributed by atoms with van der Waals surface area (Å²) >= 11 is 3.53. The Balaban J connectivity index is 0.00000316. The monoisotopic (exact) mass is 860 g/mol. The molecule has 0 fully saturated rings. The van der Waals surface area contributed by atoms with E-state index in [9.17, 15) is 0 Å². The summed E-state index contributed by atoms with van der Waals surface area (Å²) in [5.41, 5.74) is 12.4. The first-order chi connectivity index (χ1) is 24.3. The Bertz CT molecular complexity index is 2670. The van der Waals surface area contributed by atoms with Gasteiger partial charge in [-0.05, 0) is 100 Å². The number of aromatic nitrogens is 3. The number of hydrogen-bond donors (Lipinski definition) is 0. The molecule has 0 saturated carbocycles. The molecule has 0 radical (unpaired) electrons. The van der Waals surface area contributed by atoms with Gasteiger partial charge in [-0.3, -0.25) is 0 Å². The van der Waals surface area contributed by atoms with Crippen LogP contribution >= 0.6 is 22.9 Å². The number of allylic oxidation sites excluding steroid dienone is 2. The molecule has 4 aromatic carbocycles. The van der Waals surface area contributed by atoms with Crippen molar-refractivity contribution in [1.82, 2.24) is 13.9 Å². The van der Waals surface area contributed by atoms with Crippen LogP contribution in [0.5, 0.6) is 11.5 Å². The molecule has 3 aliphatic carbocycles. The number of benzene rings is 4.